The number of aromatic nitrogens is 2. The summed E-state index contributed by atoms with van der Waals surface area (Å²) in [7, 11) is 0. The molecule has 1 aromatic carbocycles. The summed E-state index contributed by atoms with van der Waals surface area (Å²) in [6.07, 6.45) is 2.65. The van der Waals surface area contributed by atoms with Gasteiger partial charge in [0.25, 0.3) is 0 Å². The van der Waals surface area contributed by atoms with Crippen LogP contribution < -0.4 is 5.43 Å². The summed E-state index contributed by atoms with van der Waals surface area (Å²) in [5, 5.41) is 28.5. The van der Waals surface area contributed by atoms with Gasteiger partial charge in [-0.1, -0.05) is 11.8 Å². The smallest absolute Gasteiger partial charge is 0.342 e. The molecule has 0 amide bonds. The van der Waals surface area contributed by atoms with Crippen molar-refractivity contribution in [1.82, 2.24) is 9.13 Å². The topological polar surface area (TPSA) is 105 Å². The zero-order valence-corrected chi connectivity index (χ0v) is 14.2. The summed E-state index contributed by atoms with van der Waals surface area (Å²) in [6.45, 7) is 1.44. The number of carboxylic acid groups (broad SMARTS) is 1. The van der Waals surface area contributed by atoms with Crippen LogP contribution in [0.5, 0.6) is 5.75 Å². The van der Waals surface area contributed by atoms with Crippen molar-refractivity contribution in [2.75, 3.05) is 0 Å². The monoisotopic (exact) mass is 376 g/mol. The minimum atomic E-state index is -1.34. The Kier molecular flexibility index (Phi) is 3.60. The zero-order valence-electron chi connectivity index (χ0n) is 13.4. The number of thioether (sulfide) groups is 1. The molecule has 0 spiro atoms. The van der Waals surface area contributed by atoms with Gasteiger partial charge in [-0.25, -0.2) is 9.18 Å². The number of nitrogens with zero attached hydrogens (tertiary/aromatic N) is 2. The first-order valence-corrected chi connectivity index (χ1v) is 8.54. The number of hydrogen-bond acceptors (Lipinski definition) is 5. The molecule has 0 saturated heterocycles. The van der Waals surface area contributed by atoms with Gasteiger partial charge in [-0.3, -0.25) is 4.79 Å². The molecule has 2 aromatic heterocycles. The van der Waals surface area contributed by atoms with E-state index in [1.807, 2.05) is 6.92 Å². The zero-order chi connectivity index (χ0) is 18.7. The average Bonchev–Trinajstić information content (AvgIpc) is 2.95. The van der Waals surface area contributed by atoms with E-state index in [1.54, 1.807) is 4.57 Å². The standard InChI is InChI=1S/C17H13FN2O5S/c1-7-20-11-3-12(19-4-8(6-21)13(22)5-19)10(18)2-9(11)15(23)14(17(24)25)16(20)26-7/h2-5,7,21-22H,6H2,1H3,(H,24,25). The predicted molar refractivity (Wildman–Crippen MR) is 92.6 cm³/mol. The highest BCUT2D eigenvalue weighted by Gasteiger charge is 2.33. The quantitative estimate of drug-likeness (QED) is 0.649. The number of fused-ring (bicyclic) bond motifs is 3. The number of carbonyl (C=O) groups is 1. The lowest BCUT2D eigenvalue weighted by molar-refractivity contribution is 0.0689. The van der Waals surface area contributed by atoms with Gasteiger partial charge in [0.1, 0.15) is 17.1 Å². The Morgan fingerprint density at radius 3 is 2.65 bits per heavy atom. The third kappa shape index (κ3) is 2.17. The third-order valence-corrected chi connectivity index (χ3v) is 5.60. The number of aromatic carboxylic acids is 1. The first kappa shape index (κ1) is 16.7. The number of rotatable bonds is 3. The fourth-order valence-electron chi connectivity index (χ4n) is 3.17. The number of aromatic hydroxyl groups is 1. The van der Waals surface area contributed by atoms with E-state index in [4.69, 9.17) is 0 Å². The average molecular weight is 376 g/mol. The molecule has 134 valence electrons. The minimum Gasteiger partial charge on any atom is -0.506 e. The number of aliphatic hydroxyl groups is 1. The van der Waals surface area contributed by atoms with Crippen molar-refractivity contribution in [3.05, 3.63) is 51.7 Å². The highest BCUT2D eigenvalue weighted by atomic mass is 32.2. The predicted octanol–water partition coefficient (Wildman–Crippen LogP) is 2.45. The van der Waals surface area contributed by atoms with Gasteiger partial charge in [-0.05, 0) is 19.1 Å². The van der Waals surface area contributed by atoms with Crippen LogP contribution in [0.2, 0.25) is 0 Å². The van der Waals surface area contributed by atoms with E-state index in [9.17, 15) is 29.3 Å². The molecule has 0 radical (unpaired) electrons. The molecule has 1 aliphatic heterocycles. The molecule has 0 bridgehead atoms. The number of aliphatic hydroxyl groups excluding tert-OH is 1. The van der Waals surface area contributed by atoms with Crippen LogP contribution in [-0.4, -0.2) is 30.4 Å². The molecule has 0 fully saturated rings. The van der Waals surface area contributed by atoms with Crippen LogP contribution in [-0.2, 0) is 6.61 Å². The van der Waals surface area contributed by atoms with Gasteiger partial charge in [0.2, 0.25) is 5.43 Å². The summed E-state index contributed by atoms with van der Waals surface area (Å²) in [5.41, 5.74) is -0.353. The molecule has 0 saturated carbocycles. The lowest BCUT2D eigenvalue weighted by Crippen LogP contribution is -2.28. The van der Waals surface area contributed by atoms with Crippen LogP contribution in [0.4, 0.5) is 4.39 Å². The Bertz CT molecular complexity index is 1150. The van der Waals surface area contributed by atoms with E-state index in [-0.39, 0.29) is 33.3 Å². The Morgan fingerprint density at radius 2 is 2.08 bits per heavy atom. The van der Waals surface area contributed by atoms with Crippen molar-refractivity contribution in [3.63, 3.8) is 0 Å². The number of hydrogen-bond donors (Lipinski definition) is 3. The molecular formula is C17H13FN2O5S. The molecule has 3 N–H and O–H groups in total. The maximum absolute atomic E-state index is 14.6. The summed E-state index contributed by atoms with van der Waals surface area (Å²) in [5.74, 6) is -2.26. The first-order chi connectivity index (χ1) is 12.3. The summed E-state index contributed by atoms with van der Waals surface area (Å²) in [4.78, 5) is 24.0. The second-order valence-corrected chi connectivity index (χ2v) is 7.26. The van der Waals surface area contributed by atoms with Crippen LogP contribution in [0.1, 0.15) is 28.2 Å². The molecule has 9 heteroatoms. The summed E-state index contributed by atoms with van der Waals surface area (Å²) < 4.78 is 17.6. The lowest BCUT2D eigenvalue weighted by Gasteiger charge is -2.32. The second kappa shape index (κ2) is 5.61. The van der Waals surface area contributed by atoms with E-state index in [1.165, 1.54) is 34.8 Å². The SMILES string of the molecule is CC1Sc2c(C(=O)O)c(=O)c3cc(F)c(-n4cc(O)c(CO)c4)cc3n21. The van der Waals surface area contributed by atoms with Crippen molar-refractivity contribution < 1.29 is 24.5 Å². The fourth-order valence-corrected chi connectivity index (χ4v) is 4.32. The molecule has 4 rings (SSSR count). The van der Waals surface area contributed by atoms with E-state index >= 15 is 0 Å². The maximum Gasteiger partial charge on any atom is 0.342 e. The molecule has 1 atom stereocenters. The Hall–Kier alpha value is -2.78. The Balaban J connectivity index is 2.05. The number of benzene rings is 1. The summed E-state index contributed by atoms with van der Waals surface area (Å²) >= 11 is 1.26. The van der Waals surface area contributed by atoms with Gasteiger partial charge in [-0.2, -0.15) is 0 Å². The third-order valence-electron chi connectivity index (χ3n) is 4.42. The van der Waals surface area contributed by atoms with Gasteiger partial charge in [0, 0.05) is 17.1 Å². The minimum absolute atomic E-state index is 0.0155. The number of pyridine rings is 1. The Morgan fingerprint density at radius 1 is 1.35 bits per heavy atom. The van der Waals surface area contributed by atoms with Crippen LogP contribution in [0.15, 0.2) is 34.3 Å². The number of halogens is 1. The first-order valence-electron chi connectivity index (χ1n) is 7.66. The fraction of sp³-hybridized carbons (Fsp3) is 0.176. The van der Waals surface area contributed by atoms with Gasteiger partial charge >= 0.3 is 5.97 Å². The second-order valence-electron chi connectivity index (χ2n) is 5.96. The van der Waals surface area contributed by atoms with Crippen molar-refractivity contribution in [2.24, 2.45) is 0 Å². The van der Waals surface area contributed by atoms with Crippen LogP contribution in [0, 0.1) is 5.82 Å². The van der Waals surface area contributed by atoms with Gasteiger partial charge in [0.15, 0.2) is 0 Å². The van der Waals surface area contributed by atoms with E-state index in [0.29, 0.717) is 10.5 Å². The van der Waals surface area contributed by atoms with Crippen LogP contribution in [0.25, 0.3) is 16.6 Å². The van der Waals surface area contributed by atoms with E-state index in [0.717, 1.165) is 6.07 Å². The normalized spacial score (nSPS) is 15.7. The molecule has 1 aliphatic rings. The van der Waals surface area contributed by atoms with Gasteiger partial charge in [-0.15, -0.1) is 0 Å². The van der Waals surface area contributed by atoms with Crippen molar-refractivity contribution in [1.29, 1.82) is 0 Å². The lowest BCUT2D eigenvalue weighted by atomic mass is 10.1. The maximum atomic E-state index is 14.6. The molecule has 7 nitrogen and oxygen atoms in total. The molecule has 3 heterocycles. The van der Waals surface area contributed by atoms with Crippen molar-refractivity contribution in [2.45, 2.75) is 23.9 Å². The molecular weight excluding hydrogens is 363 g/mol. The molecule has 3 aromatic rings. The van der Waals surface area contributed by atoms with E-state index in [2.05, 4.69) is 0 Å². The molecule has 26 heavy (non-hydrogen) atoms. The van der Waals surface area contributed by atoms with Crippen LogP contribution >= 0.6 is 11.8 Å². The molecule has 0 aliphatic carbocycles. The molecule has 1 unspecified atom stereocenters. The highest BCUT2D eigenvalue weighted by molar-refractivity contribution is 8.00. The summed E-state index contributed by atoms with van der Waals surface area (Å²) in [6, 6.07) is 2.45. The Labute approximate surface area is 149 Å². The highest BCUT2D eigenvalue weighted by Crippen LogP contribution is 2.46. The van der Waals surface area contributed by atoms with Crippen LogP contribution in [0.3, 0.4) is 0 Å². The number of carboxylic acids is 1. The van der Waals surface area contributed by atoms with Crippen molar-refractivity contribution >= 4 is 28.6 Å². The van der Waals surface area contributed by atoms with Gasteiger partial charge in [0.05, 0.1) is 34.4 Å². The van der Waals surface area contributed by atoms with Crippen molar-refractivity contribution in [3.8, 4) is 11.4 Å². The largest absolute Gasteiger partial charge is 0.506 e. The van der Waals surface area contributed by atoms with Gasteiger partial charge < -0.3 is 24.5 Å². The van der Waals surface area contributed by atoms with E-state index < -0.39 is 23.8 Å².